The number of aromatic carboxylic acids is 1. The van der Waals surface area contributed by atoms with Crippen LogP contribution in [0.5, 0.6) is 0 Å². The Labute approximate surface area is 138 Å². The minimum absolute atomic E-state index is 0.115. The van der Waals surface area contributed by atoms with Gasteiger partial charge in [-0.1, -0.05) is 11.6 Å². The number of benzene rings is 1. The monoisotopic (exact) mass is 347 g/mol. The number of hydrogen-bond acceptors (Lipinski definition) is 6. The smallest absolute Gasteiger partial charge is 0.258 e. The molecule has 3 rings (SSSR count). The number of anilines is 1. The Bertz CT molecular complexity index is 1000. The van der Waals surface area contributed by atoms with Crippen molar-refractivity contribution in [2.75, 3.05) is 5.73 Å². The fourth-order valence-electron chi connectivity index (χ4n) is 2.13. The van der Waals surface area contributed by atoms with Crippen molar-refractivity contribution in [2.24, 2.45) is 0 Å². The molecule has 0 unspecified atom stereocenters. The van der Waals surface area contributed by atoms with E-state index in [0.29, 0.717) is 20.8 Å². The largest absolute Gasteiger partial charge is 0.545 e. The second-order valence-electron chi connectivity index (χ2n) is 4.72. The van der Waals surface area contributed by atoms with Gasteiger partial charge >= 0.3 is 0 Å². The molecule has 0 saturated heterocycles. The Hall–Kier alpha value is -2.64. The zero-order chi connectivity index (χ0) is 16.7. The van der Waals surface area contributed by atoms with Crippen LogP contribution in [0.3, 0.4) is 0 Å². The molecule has 0 aliphatic rings. The Morgan fingerprint density at radius 3 is 2.48 bits per heavy atom. The molecular formula is C15H8ClN2O4S-. The molecule has 0 saturated carbocycles. The summed E-state index contributed by atoms with van der Waals surface area (Å²) in [7, 11) is 0. The molecule has 2 heterocycles. The maximum absolute atomic E-state index is 12.5. The highest BCUT2D eigenvalue weighted by molar-refractivity contribution is 7.21. The molecule has 0 spiro atoms. The summed E-state index contributed by atoms with van der Waals surface area (Å²) in [6.07, 6.45) is 0. The summed E-state index contributed by atoms with van der Waals surface area (Å²) >= 11 is 6.78. The first-order valence-electron chi connectivity index (χ1n) is 6.35. The number of aromatic nitrogens is 1. The average molecular weight is 348 g/mol. The molecule has 116 valence electrons. The molecule has 0 aliphatic carbocycles. The van der Waals surface area contributed by atoms with Crippen LogP contribution in [0, 0.1) is 0 Å². The molecule has 0 fully saturated rings. The Morgan fingerprint density at radius 2 is 1.87 bits per heavy atom. The van der Waals surface area contributed by atoms with Crippen molar-refractivity contribution in [3.8, 4) is 0 Å². The maximum Gasteiger partial charge on any atom is 0.258 e. The fourth-order valence-corrected chi connectivity index (χ4v) is 3.31. The van der Waals surface area contributed by atoms with Crippen LogP contribution >= 0.6 is 22.9 Å². The lowest BCUT2D eigenvalue weighted by molar-refractivity contribution is -0.255. The summed E-state index contributed by atoms with van der Waals surface area (Å²) in [4.78, 5) is 38.1. The van der Waals surface area contributed by atoms with Gasteiger partial charge in [-0.25, -0.2) is 0 Å². The first kappa shape index (κ1) is 15.3. The molecule has 0 bridgehead atoms. The number of carbonyl (C=O) groups excluding carboxylic acids is 2. The van der Waals surface area contributed by atoms with E-state index in [2.05, 4.69) is 4.98 Å². The molecule has 23 heavy (non-hydrogen) atoms. The Morgan fingerprint density at radius 1 is 1.22 bits per heavy atom. The number of nitrogen functional groups attached to an aromatic ring is 1. The predicted octanol–water partition coefficient (Wildman–Crippen LogP) is 1.42. The minimum atomic E-state index is -1.61. The van der Waals surface area contributed by atoms with Gasteiger partial charge in [-0.05, 0) is 30.3 Å². The van der Waals surface area contributed by atoms with Gasteiger partial charge in [0, 0.05) is 16.0 Å². The highest BCUT2D eigenvalue weighted by Gasteiger charge is 2.19. The molecule has 0 aliphatic heterocycles. The number of halogens is 1. The van der Waals surface area contributed by atoms with Gasteiger partial charge in [0.25, 0.3) is 5.56 Å². The van der Waals surface area contributed by atoms with Crippen LogP contribution in [0.25, 0.3) is 10.2 Å². The summed E-state index contributed by atoms with van der Waals surface area (Å²) in [6.45, 7) is 0. The standard InChI is InChI=1S/C15H9ClN2O4S/c16-7-3-1-6(2-4-7)11(19)12-10(17)8-5-9(15(21)22)13(20)18-14(8)23-12/h1-5H,17H2,(H,18,20)(H,21,22)/p-1. The summed E-state index contributed by atoms with van der Waals surface area (Å²) in [6, 6.07) is 7.39. The molecule has 6 nitrogen and oxygen atoms in total. The average Bonchev–Trinajstić information content (AvgIpc) is 2.82. The van der Waals surface area contributed by atoms with E-state index >= 15 is 0 Å². The van der Waals surface area contributed by atoms with Crippen LogP contribution in [0.4, 0.5) is 5.69 Å². The quantitative estimate of drug-likeness (QED) is 0.695. The maximum atomic E-state index is 12.5. The number of pyridine rings is 1. The van der Waals surface area contributed by atoms with Gasteiger partial charge < -0.3 is 20.6 Å². The topological polar surface area (TPSA) is 116 Å². The molecule has 3 aromatic rings. The van der Waals surface area contributed by atoms with Gasteiger partial charge in [-0.2, -0.15) is 0 Å². The van der Waals surface area contributed by atoms with Crippen molar-refractivity contribution >= 4 is 50.6 Å². The SMILES string of the molecule is Nc1c(C(=O)c2ccc(Cl)cc2)sc2[nH]c(=O)c(C(=O)[O-])cc12. The first-order chi connectivity index (χ1) is 10.9. The van der Waals surface area contributed by atoms with Crippen LogP contribution < -0.4 is 16.4 Å². The van der Waals surface area contributed by atoms with Gasteiger partial charge in [-0.3, -0.25) is 9.59 Å². The minimum Gasteiger partial charge on any atom is -0.545 e. The zero-order valence-corrected chi connectivity index (χ0v) is 13.0. The lowest BCUT2D eigenvalue weighted by Gasteiger charge is -2.01. The number of nitrogens with one attached hydrogen (secondary N) is 1. The number of nitrogens with two attached hydrogens (primary N) is 1. The third kappa shape index (κ3) is 2.60. The molecule has 0 amide bonds. The molecule has 3 N–H and O–H groups in total. The number of fused-ring (bicyclic) bond motifs is 1. The van der Waals surface area contributed by atoms with Gasteiger partial charge in [0.05, 0.1) is 17.2 Å². The Kier molecular flexibility index (Phi) is 3.67. The van der Waals surface area contributed by atoms with Crippen molar-refractivity contribution in [3.05, 3.63) is 61.7 Å². The highest BCUT2D eigenvalue weighted by atomic mass is 35.5. The normalized spacial score (nSPS) is 10.8. The van der Waals surface area contributed by atoms with E-state index in [1.165, 1.54) is 0 Å². The van der Waals surface area contributed by atoms with E-state index in [1.807, 2.05) is 0 Å². The lowest BCUT2D eigenvalue weighted by atomic mass is 10.1. The van der Waals surface area contributed by atoms with Gasteiger partial charge in [0.15, 0.2) is 0 Å². The summed E-state index contributed by atoms with van der Waals surface area (Å²) in [5.41, 5.74) is 5.12. The third-order valence-corrected chi connectivity index (χ3v) is 4.66. The lowest BCUT2D eigenvalue weighted by Crippen LogP contribution is -2.29. The van der Waals surface area contributed by atoms with E-state index in [9.17, 15) is 19.5 Å². The predicted molar refractivity (Wildman–Crippen MR) is 86.1 cm³/mol. The molecule has 2 aromatic heterocycles. The number of carboxylic acids is 1. The number of H-pyrrole nitrogens is 1. The van der Waals surface area contributed by atoms with Crippen molar-refractivity contribution in [1.29, 1.82) is 0 Å². The van der Waals surface area contributed by atoms with E-state index in [0.717, 1.165) is 17.4 Å². The summed E-state index contributed by atoms with van der Waals surface area (Å²) < 4.78 is 0. The zero-order valence-electron chi connectivity index (χ0n) is 11.4. The number of thiophene rings is 1. The van der Waals surface area contributed by atoms with Crippen LogP contribution in [-0.2, 0) is 0 Å². The van der Waals surface area contributed by atoms with E-state index in [4.69, 9.17) is 17.3 Å². The number of rotatable bonds is 3. The van der Waals surface area contributed by atoms with E-state index < -0.39 is 17.1 Å². The number of carbonyl (C=O) groups is 2. The van der Waals surface area contributed by atoms with Gasteiger partial charge in [-0.15, -0.1) is 11.3 Å². The third-order valence-electron chi connectivity index (χ3n) is 3.28. The van der Waals surface area contributed by atoms with Crippen molar-refractivity contribution in [1.82, 2.24) is 4.98 Å². The molecule has 0 radical (unpaired) electrons. The van der Waals surface area contributed by atoms with Crippen molar-refractivity contribution < 1.29 is 14.7 Å². The number of hydrogen-bond donors (Lipinski definition) is 2. The van der Waals surface area contributed by atoms with Crippen LogP contribution in [0.2, 0.25) is 5.02 Å². The van der Waals surface area contributed by atoms with Crippen LogP contribution in [0.1, 0.15) is 25.6 Å². The first-order valence-corrected chi connectivity index (χ1v) is 7.55. The van der Waals surface area contributed by atoms with Gasteiger partial charge in [0.2, 0.25) is 5.78 Å². The Balaban J connectivity index is 2.17. The second kappa shape index (κ2) is 5.53. The summed E-state index contributed by atoms with van der Waals surface area (Å²) in [5, 5.41) is 11.7. The number of aromatic amines is 1. The van der Waals surface area contributed by atoms with Crippen molar-refractivity contribution in [3.63, 3.8) is 0 Å². The number of ketones is 1. The van der Waals surface area contributed by atoms with Gasteiger partial charge in [0.1, 0.15) is 9.71 Å². The molecular weight excluding hydrogens is 340 g/mol. The molecule has 0 atom stereocenters. The van der Waals surface area contributed by atoms with E-state index in [-0.39, 0.29) is 16.3 Å². The van der Waals surface area contributed by atoms with E-state index in [1.54, 1.807) is 24.3 Å². The van der Waals surface area contributed by atoms with Crippen LogP contribution in [-0.4, -0.2) is 16.7 Å². The molecule has 1 aromatic carbocycles. The van der Waals surface area contributed by atoms with Crippen molar-refractivity contribution in [2.45, 2.75) is 0 Å². The molecule has 8 heteroatoms. The summed E-state index contributed by atoms with van der Waals surface area (Å²) in [5.74, 6) is -1.94. The van der Waals surface area contributed by atoms with Crippen LogP contribution in [0.15, 0.2) is 35.1 Å². The number of carboxylic acid groups (broad SMARTS) is 1. The highest BCUT2D eigenvalue weighted by Crippen LogP contribution is 2.33. The second-order valence-corrected chi connectivity index (χ2v) is 6.18. The fraction of sp³-hybridized carbons (Fsp3) is 0.